The molecule has 1 heterocycles. The van der Waals surface area contributed by atoms with Crippen molar-refractivity contribution >= 4 is 37.3 Å². The number of hydrogen-bond acceptors (Lipinski definition) is 6. The second-order valence-electron chi connectivity index (χ2n) is 5.01. The van der Waals surface area contributed by atoms with Gasteiger partial charge in [-0.05, 0) is 71.7 Å². The van der Waals surface area contributed by atoms with Crippen LogP contribution in [-0.4, -0.2) is 26.5 Å². The number of unbranched alkanes of at least 4 members (excludes halogenated alkanes) is 1. The number of sulfone groups is 1. The number of nitrogens with zero attached hydrogens (tertiary/aromatic N) is 1. The van der Waals surface area contributed by atoms with Gasteiger partial charge < -0.3 is 16.8 Å². The van der Waals surface area contributed by atoms with Crippen molar-refractivity contribution in [2.75, 3.05) is 24.1 Å². The summed E-state index contributed by atoms with van der Waals surface area (Å²) >= 11 is 3.26. The van der Waals surface area contributed by atoms with Crippen molar-refractivity contribution in [1.82, 2.24) is 4.98 Å². The van der Waals surface area contributed by atoms with Gasteiger partial charge in [0.2, 0.25) is 9.84 Å². The van der Waals surface area contributed by atoms with Gasteiger partial charge in [0.15, 0.2) is 0 Å². The number of nitrogens with one attached hydrogen (secondary N) is 1. The van der Waals surface area contributed by atoms with Gasteiger partial charge in [-0.3, -0.25) is 0 Å². The van der Waals surface area contributed by atoms with Gasteiger partial charge in [-0.1, -0.05) is 0 Å². The zero-order valence-electron chi connectivity index (χ0n) is 12.5. The first-order chi connectivity index (χ1) is 10.9. The minimum absolute atomic E-state index is 0.172. The average molecular weight is 399 g/mol. The van der Waals surface area contributed by atoms with Crippen LogP contribution in [0.15, 0.2) is 50.8 Å². The van der Waals surface area contributed by atoms with Gasteiger partial charge in [0.05, 0.1) is 9.79 Å². The summed E-state index contributed by atoms with van der Waals surface area (Å²) in [6.45, 7) is 1.31. The summed E-state index contributed by atoms with van der Waals surface area (Å²) in [6.07, 6.45) is 1.79. The number of anilines is 2. The SMILES string of the molecule is NCCCCNc1cc(S(=O)(=O)c2ccc(N)cc2)cc(Br)n1. The molecule has 0 unspecified atom stereocenters. The zero-order valence-corrected chi connectivity index (χ0v) is 14.9. The molecule has 0 saturated carbocycles. The predicted molar refractivity (Wildman–Crippen MR) is 95.0 cm³/mol. The highest BCUT2D eigenvalue weighted by atomic mass is 79.9. The fraction of sp³-hybridized carbons (Fsp3) is 0.267. The van der Waals surface area contributed by atoms with E-state index < -0.39 is 9.84 Å². The topological polar surface area (TPSA) is 111 Å². The molecule has 8 heteroatoms. The van der Waals surface area contributed by atoms with Crippen molar-refractivity contribution in [2.24, 2.45) is 5.73 Å². The molecule has 0 aliphatic rings. The Balaban J connectivity index is 2.27. The van der Waals surface area contributed by atoms with Crippen molar-refractivity contribution < 1.29 is 8.42 Å². The average Bonchev–Trinajstić information content (AvgIpc) is 2.51. The molecule has 5 N–H and O–H groups in total. The van der Waals surface area contributed by atoms with Gasteiger partial charge in [0, 0.05) is 12.2 Å². The third-order valence-electron chi connectivity index (χ3n) is 3.21. The summed E-state index contributed by atoms with van der Waals surface area (Å²) in [7, 11) is -3.62. The minimum Gasteiger partial charge on any atom is -0.399 e. The lowest BCUT2D eigenvalue weighted by atomic mass is 10.3. The van der Waals surface area contributed by atoms with Gasteiger partial charge in [0.1, 0.15) is 10.4 Å². The third kappa shape index (κ3) is 4.66. The van der Waals surface area contributed by atoms with E-state index in [-0.39, 0.29) is 9.79 Å². The predicted octanol–water partition coefficient (Wildman–Crippen LogP) is 2.41. The van der Waals surface area contributed by atoms with E-state index in [9.17, 15) is 8.42 Å². The first-order valence-corrected chi connectivity index (χ1v) is 9.43. The normalized spacial score (nSPS) is 11.4. The van der Waals surface area contributed by atoms with E-state index >= 15 is 0 Å². The highest BCUT2D eigenvalue weighted by molar-refractivity contribution is 9.10. The van der Waals surface area contributed by atoms with Crippen LogP contribution in [0, 0.1) is 0 Å². The molecule has 0 atom stereocenters. The molecule has 124 valence electrons. The summed E-state index contributed by atoms with van der Waals surface area (Å²) in [5.74, 6) is 0.505. The third-order valence-corrected chi connectivity index (χ3v) is 5.36. The summed E-state index contributed by atoms with van der Waals surface area (Å²) in [5, 5.41) is 3.11. The lowest BCUT2D eigenvalue weighted by Crippen LogP contribution is -2.08. The summed E-state index contributed by atoms with van der Waals surface area (Å²) < 4.78 is 25.8. The quantitative estimate of drug-likeness (QED) is 0.375. The Kier molecular flexibility index (Phi) is 5.97. The van der Waals surface area contributed by atoms with Crippen molar-refractivity contribution in [3.8, 4) is 0 Å². The number of pyridine rings is 1. The molecular formula is C15H19BrN4O2S. The number of benzene rings is 1. The Hall–Kier alpha value is -1.64. The van der Waals surface area contributed by atoms with E-state index in [1.54, 1.807) is 12.1 Å². The van der Waals surface area contributed by atoms with Crippen molar-refractivity contribution in [2.45, 2.75) is 22.6 Å². The first kappa shape index (κ1) is 17.7. The smallest absolute Gasteiger partial charge is 0.206 e. The molecule has 0 amide bonds. The molecule has 0 aliphatic carbocycles. The van der Waals surface area contributed by atoms with Crippen molar-refractivity contribution in [1.29, 1.82) is 0 Å². The fourth-order valence-electron chi connectivity index (χ4n) is 1.99. The second kappa shape index (κ2) is 7.76. The molecular weight excluding hydrogens is 380 g/mol. The number of nitrogens with two attached hydrogens (primary N) is 2. The van der Waals surface area contributed by atoms with Crippen molar-refractivity contribution in [3.63, 3.8) is 0 Å². The van der Waals surface area contributed by atoms with Gasteiger partial charge in [0.25, 0.3) is 0 Å². The van der Waals surface area contributed by atoms with Crippen LogP contribution in [0.3, 0.4) is 0 Å². The van der Waals surface area contributed by atoms with E-state index in [2.05, 4.69) is 26.2 Å². The van der Waals surface area contributed by atoms with Crippen LogP contribution < -0.4 is 16.8 Å². The Morgan fingerprint density at radius 1 is 1.09 bits per heavy atom. The van der Waals surface area contributed by atoms with Crippen LogP contribution in [0.5, 0.6) is 0 Å². The molecule has 1 aromatic carbocycles. The van der Waals surface area contributed by atoms with Crippen LogP contribution in [-0.2, 0) is 9.84 Å². The summed E-state index contributed by atoms with van der Waals surface area (Å²) in [5.41, 5.74) is 11.6. The first-order valence-electron chi connectivity index (χ1n) is 7.15. The van der Waals surface area contributed by atoms with E-state index in [1.807, 2.05) is 0 Å². The Bertz CT molecular complexity index is 764. The standard InChI is InChI=1S/C15H19BrN4O2S/c16-14-9-13(10-15(20-14)19-8-2-1-7-17)23(21,22)12-5-3-11(18)4-6-12/h3-6,9-10H,1-2,7-8,17-18H2,(H,19,20). The number of rotatable bonds is 7. The van der Waals surface area contributed by atoms with Crippen LogP contribution >= 0.6 is 15.9 Å². The maximum atomic E-state index is 12.7. The maximum Gasteiger partial charge on any atom is 0.206 e. The van der Waals surface area contributed by atoms with Crippen LogP contribution in [0.25, 0.3) is 0 Å². The Morgan fingerprint density at radius 2 is 1.78 bits per heavy atom. The zero-order chi connectivity index (χ0) is 16.9. The lowest BCUT2D eigenvalue weighted by Gasteiger charge is -2.10. The highest BCUT2D eigenvalue weighted by Crippen LogP contribution is 2.25. The minimum atomic E-state index is -3.62. The number of nitrogen functional groups attached to an aromatic ring is 1. The fourth-order valence-corrected chi connectivity index (χ4v) is 3.88. The monoisotopic (exact) mass is 398 g/mol. The van der Waals surface area contributed by atoms with Crippen LogP contribution in [0.2, 0.25) is 0 Å². The molecule has 2 rings (SSSR count). The summed E-state index contributed by atoms with van der Waals surface area (Å²) in [6, 6.07) is 9.13. The summed E-state index contributed by atoms with van der Waals surface area (Å²) in [4.78, 5) is 4.61. The number of aromatic nitrogens is 1. The Labute approximate surface area is 144 Å². The van der Waals surface area contributed by atoms with Gasteiger partial charge in [-0.25, -0.2) is 13.4 Å². The molecule has 2 aromatic rings. The molecule has 0 saturated heterocycles. The number of hydrogen-bond donors (Lipinski definition) is 3. The van der Waals surface area contributed by atoms with Crippen LogP contribution in [0.1, 0.15) is 12.8 Å². The van der Waals surface area contributed by atoms with Crippen molar-refractivity contribution in [3.05, 3.63) is 41.0 Å². The van der Waals surface area contributed by atoms with Gasteiger partial charge >= 0.3 is 0 Å². The largest absolute Gasteiger partial charge is 0.399 e. The molecule has 6 nitrogen and oxygen atoms in total. The Morgan fingerprint density at radius 3 is 2.43 bits per heavy atom. The molecule has 0 fully saturated rings. The van der Waals surface area contributed by atoms with Gasteiger partial charge in [-0.15, -0.1) is 0 Å². The molecule has 0 aliphatic heterocycles. The van der Waals surface area contributed by atoms with E-state index in [1.165, 1.54) is 24.3 Å². The molecule has 0 bridgehead atoms. The number of halogens is 1. The molecule has 1 aromatic heterocycles. The van der Waals surface area contributed by atoms with Crippen LogP contribution in [0.4, 0.5) is 11.5 Å². The lowest BCUT2D eigenvalue weighted by molar-refractivity contribution is 0.596. The molecule has 23 heavy (non-hydrogen) atoms. The molecule has 0 radical (unpaired) electrons. The van der Waals surface area contributed by atoms with Gasteiger partial charge in [-0.2, -0.15) is 0 Å². The van der Waals surface area contributed by atoms with E-state index in [0.717, 1.165) is 12.8 Å². The molecule has 0 spiro atoms. The highest BCUT2D eigenvalue weighted by Gasteiger charge is 2.19. The maximum absolute atomic E-state index is 12.7. The van der Waals surface area contributed by atoms with E-state index in [4.69, 9.17) is 11.5 Å². The van der Waals surface area contributed by atoms with E-state index in [0.29, 0.717) is 29.2 Å². The second-order valence-corrected chi connectivity index (χ2v) is 7.77.